The van der Waals surface area contributed by atoms with Crippen molar-refractivity contribution in [2.45, 2.75) is 39.5 Å². The van der Waals surface area contributed by atoms with Gasteiger partial charge in [-0.15, -0.1) is 0 Å². The van der Waals surface area contributed by atoms with Crippen LogP contribution in [0.25, 0.3) is 0 Å². The highest BCUT2D eigenvalue weighted by Gasteiger charge is 2.31. The first-order valence-corrected chi connectivity index (χ1v) is 7.51. The molecule has 0 saturated carbocycles. The molecule has 0 spiro atoms. The van der Waals surface area contributed by atoms with Gasteiger partial charge in [0.25, 0.3) is 5.91 Å². The maximum Gasteiger partial charge on any atom is 0.257 e. The van der Waals surface area contributed by atoms with Gasteiger partial charge in [-0.25, -0.2) is 0 Å². The summed E-state index contributed by atoms with van der Waals surface area (Å²) in [6, 6.07) is 0. The van der Waals surface area contributed by atoms with Gasteiger partial charge in [-0.1, -0.05) is 13.8 Å². The molecule has 1 aromatic heterocycles. The van der Waals surface area contributed by atoms with Gasteiger partial charge in [0.15, 0.2) is 0 Å². The van der Waals surface area contributed by atoms with E-state index in [1.165, 1.54) is 0 Å². The lowest BCUT2D eigenvalue weighted by atomic mass is 9.95. The molecule has 1 fully saturated rings. The van der Waals surface area contributed by atoms with E-state index in [0.717, 1.165) is 24.2 Å². The van der Waals surface area contributed by atoms with Crippen LogP contribution in [0.15, 0.2) is 0 Å². The fraction of sp³-hybridized carbons (Fsp3) is 0.667. The van der Waals surface area contributed by atoms with E-state index in [1.54, 1.807) is 11.9 Å². The quantitative estimate of drug-likeness (QED) is 0.885. The Hall–Kier alpha value is -1.85. The molecule has 0 aromatic carbocycles. The molecular formula is C15H24N4O2. The SMILES string of the molecule is CNC(=O)C1CCCN(C(=O)c2c(C(C)C)n[nH]c2C)C1. The summed E-state index contributed by atoms with van der Waals surface area (Å²) in [6.07, 6.45) is 1.70. The van der Waals surface area contributed by atoms with Gasteiger partial charge >= 0.3 is 0 Å². The molecule has 0 radical (unpaired) electrons. The maximum absolute atomic E-state index is 12.8. The number of aryl methyl sites for hydroxylation is 1. The Bertz CT molecular complexity index is 536. The fourth-order valence-electron chi connectivity index (χ4n) is 2.87. The first-order chi connectivity index (χ1) is 9.95. The van der Waals surface area contributed by atoms with Crippen LogP contribution in [0.2, 0.25) is 0 Å². The Morgan fingerprint density at radius 1 is 1.43 bits per heavy atom. The second-order valence-electron chi connectivity index (χ2n) is 5.97. The second-order valence-corrected chi connectivity index (χ2v) is 5.97. The van der Waals surface area contributed by atoms with Gasteiger partial charge in [-0.3, -0.25) is 14.7 Å². The van der Waals surface area contributed by atoms with Crippen LogP contribution in [0.3, 0.4) is 0 Å². The zero-order valence-electron chi connectivity index (χ0n) is 13.2. The monoisotopic (exact) mass is 292 g/mol. The Balaban J connectivity index is 2.20. The molecule has 0 aliphatic carbocycles. The molecular weight excluding hydrogens is 268 g/mol. The third kappa shape index (κ3) is 3.09. The first-order valence-electron chi connectivity index (χ1n) is 7.51. The van der Waals surface area contributed by atoms with E-state index in [4.69, 9.17) is 0 Å². The van der Waals surface area contributed by atoms with Crippen molar-refractivity contribution in [3.8, 4) is 0 Å². The number of likely N-dealkylation sites (tertiary alicyclic amines) is 1. The minimum absolute atomic E-state index is 0.0144. The number of nitrogens with zero attached hydrogens (tertiary/aromatic N) is 2. The lowest BCUT2D eigenvalue weighted by Crippen LogP contribution is -2.45. The van der Waals surface area contributed by atoms with Crippen molar-refractivity contribution in [3.05, 3.63) is 17.0 Å². The minimum Gasteiger partial charge on any atom is -0.359 e. The predicted molar refractivity (Wildman–Crippen MR) is 80.1 cm³/mol. The number of nitrogens with one attached hydrogen (secondary N) is 2. The molecule has 1 saturated heterocycles. The summed E-state index contributed by atoms with van der Waals surface area (Å²) in [5, 5.41) is 9.83. The number of amides is 2. The number of hydrogen-bond acceptors (Lipinski definition) is 3. The molecule has 2 heterocycles. The molecule has 1 aliphatic heterocycles. The number of aromatic nitrogens is 2. The Labute approximate surface area is 125 Å². The van der Waals surface area contributed by atoms with E-state index in [-0.39, 0.29) is 23.7 Å². The molecule has 6 heteroatoms. The Morgan fingerprint density at radius 2 is 2.14 bits per heavy atom. The summed E-state index contributed by atoms with van der Waals surface area (Å²) in [5.41, 5.74) is 2.27. The lowest BCUT2D eigenvalue weighted by molar-refractivity contribution is -0.125. The van der Waals surface area contributed by atoms with Crippen LogP contribution in [0.4, 0.5) is 0 Å². The van der Waals surface area contributed by atoms with Crippen LogP contribution in [-0.4, -0.2) is 47.0 Å². The Kier molecular flexibility index (Phi) is 4.65. The summed E-state index contributed by atoms with van der Waals surface area (Å²) in [6.45, 7) is 7.10. The summed E-state index contributed by atoms with van der Waals surface area (Å²) < 4.78 is 0. The highest BCUT2D eigenvalue weighted by atomic mass is 16.2. The number of hydrogen-bond donors (Lipinski definition) is 2. The van der Waals surface area contributed by atoms with Crippen molar-refractivity contribution in [2.75, 3.05) is 20.1 Å². The van der Waals surface area contributed by atoms with Gasteiger partial charge in [0.05, 0.1) is 17.2 Å². The molecule has 1 aliphatic rings. The van der Waals surface area contributed by atoms with Crippen molar-refractivity contribution in [1.29, 1.82) is 0 Å². The average Bonchev–Trinajstić information content (AvgIpc) is 2.87. The van der Waals surface area contributed by atoms with E-state index < -0.39 is 0 Å². The molecule has 116 valence electrons. The standard InChI is InChI=1S/C15H24N4O2/c1-9(2)13-12(10(3)17-18-13)15(21)19-7-5-6-11(8-19)14(20)16-4/h9,11H,5-8H2,1-4H3,(H,16,20)(H,17,18). The van der Waals surface area contributed by atoms with Crippen molar-refractivity contribution < 1.29 is 9.59 Å². The number of piperidine rings is 1. The summed E-state index contributed by atoms with van der Waals surface area (Å²) >= 11 is 0. The molecule has 6 nitrogen and oxygen atoms in total. The number of carbonyl (C=O) groups is 2. The summed E-state index contributed by atoms with van der Waals surface area (Å²) in [7, 11) is 1.64. The molecule has 21 heavy (non-hydrogen) atoms. The van der Waals surface area contributed by atoms with Crippen LogP contribution in [-0.2, 0) is 4.79 Å². The van der Waals surface area contributed by atoms with Gasteiger partial charge in [0.2, 0.25) is 5.91 Å². The van der Waals surface area contributed by atoms with Gasteiger partial charge in [0.1, 0.15) is 0 Å². The van der Waals surface area contributed by atoms with Gasteiger partial charge in [-0.05, 0) is 25.7 Å². The van der Waals surface area contributed by atoms with E-state index in [0.29, 0.717) is 18.7 Å². The van der Waals surface area contributed by atoms with Crippen LogP contribution in [0, 0.1) is 12.8 Å². The van der Waals surface area contributed by atoms with E-state index in [1.807, 2.05) is 20.8 Å². The third-order valence-electron chi connectivity index (χ3n) is 4.06. The van der Waals surface area contributed by atoms with Crippen LogP contribution < -0.4 is 5.32 Å². The van der Waals surface area contributed by atoms with Gasteiger partial charge < -0.3 is 10.2 Å². The average molecular weight is 292 g/mol. The number of carbonyl (C=O) groups excluding carboxylic acids is 2. The largest absolute Gasteiger partial charge is 0.359 e. The molecule has 2 amide bonds. The zero-order valence-corrected chi connectivity index (χ0v) is 13.2. The molecule has 1 unspecified atom stereocenters. The normalized spacial score (nSPS) is 18.9. The lowest BCUT2D eigenvalue weighted by Gasteiger charge is -2.32. The number of aromatic amines is 1. The van der Waals surface area contributed by atoms with E-state index >= 15 is 0 Å². The first kappa shape index (κ1) is 15.5. The summed E-state index contributed by atoms with van der Waals surface area (Å²) in [4.78, 5) is 26.4. The van der Waals surface area contributed by atoms with E-state index in [2.05, 4.69) is 15.5 Å². The van der Waals surface area contributed by atoms with Crippen molar-refractivity contribution in [2.24, 2.45) is 5.92 Å². The smallest absolute Gasteiger partial charge is 0.257 e. The topological polar surface area (TPSA) is 78.1 Å². The van der Waals surface area contributed by atoms with E-state index in [9.17, 15) is 9.59 Å². The zero-order chi connectivity index (χ0) is 15.6. The fourth-order valence-corrected chi connectivity index (χ4v) is 2.87. The number of H-pyrrole nitrogens is 1. The van der Waals surface area contributed by atoms with Crippen LogP contribution >= 0.6 is 0 Å². The van der Waals surface area contributed by atoms with Crippen molar-refractivity contribution in [1.82, 2.24) is 20.4 Å². The second kappa shape index (κ2) is 6.28. The predicted octanol–water partition coefficient (Wildman–Crippen LogP) is 1.44. The summed E-state index contributed by atoms with van der Waals surface area (Å²) in [5.74, 6) is 0.0786. The highest BCUT2D eigenvalue weighted by molar-refractivity contribution is 5.97. The van der Waals surface area contributed by atoms with Crippen LogP contribution in [0.1, 0.15) is 54.4 Å². The van der Waals surface area contributed by atoms with Gasteiger partial charge in [0, 0.05) is 25.8 Å². The molecule has 1 aromatic rings. The highest BCUT2D eigenvalue weighted by Crippen LogP contribution is 2.24. The van der Waals surface area contributed by atoms with Crippen LogP contribution in [0.5, 0.6) is 0 Å². The maximum atomic E-state index is 12.8. The van der Waals surface area contributed by atoms with Crippen molar-refractivity contribution in [3.63, 3.8) is 0 Å². The minimum atomic E-state index is -0.109. The molecule has 0 bridgehead atoms. The number of rotatable bonds is 3. The molecule has 2 rings (SSSR count). The van der Waals surface area contributed by atoms with Crippen molar-refractivity contribution >= 4 is 11.8 Å². The Morgan fingerprint density at radius 3 is 2.76 bits per heavy atom. The third-order valence-corrected chi connectivity index (χ3v) is 4.06. The van der Waals surface area contributed by atoms with Gasteiger partial charge in [-0.2, -0.15) is 5.10 Å². The molecule has 1 atom stereocenters. The molecule has 2 N–H and O–H groups in total.